The molecular formula is C14H21NO3. The first-order chi connectivity index (χ1) is 8.67. The predicted molar refractivity (Wildman–Crippen MR) is 70.2 cm³/mol. The largest absolute Gasteiger partial charge is 0.445 e. The first-order valence-corrected chi connectivity index (χ1v) is 6.31. The average molecular weight is 251 g/mol. The Morgan fingerprint density at radius 3 is 2.56 bits per heavy atom. The van der Waals surface area contributed by atoms with E-state index in [2.05, 4.69) is 0 Å². The molecule has 4 nitrogen and oxygen atoms in total. The highest BCUT2D eigenvalue weighted by atomic mass is 16.6. The molecule has 1 atom stereocenters. The molecule has 0 aromatic heterocycles. The topological polar surface area (TPSA) is 49.8 Å². The second-order valence-corrected chi connectivity index (χ2v) is 4.14. The van der Waals surface area contributed by atoms with Crippen molar-refractivity contribution in [2.24, 2.45) is 0 Å². The van der Waals surface area contributed by atoms with E-state index in [4.69, 9.17) is 4.74 Å². The lowest BCUT2D eigenvalue weighted by Gasteiger charge is -2.22. The zero-order valence-electron chi connectivity index (χ0n) is 11.0. The summed E-state index contributed by atoms with van der Waals surface area (Å²) in [7, 11) is 0. The summed E-state index contributed by atoms with van der Waals surface area (Å²) in [6, 6.07) is 9.54. The monoisotopic (exact) mass is 251 g/mol. The van der Waals surface area contributed by atoms with E-state index in [1.165, 1.54) is 4.90 Å². The number of rotatable bonds is 6. The molecule has 0 radical (unpaired) electrons. The highest BCUT2D eigenvalue weighted by Crippen LogP contribution is 2.04. The van der Waals surface area contributed by atoms with Crippen molar-refractivity contribution in [2.75, 3.05) is 13.1 Å². The fourth-order valence-electron chi connectivity index (χ4n) is 1.53. The molecule has 1 rings (SSSR count). The third-order valence-corrected chi connectivity index (χ3v) is 2.75. The zero-order valence-corrected chi connectivity index (χ0v) is 11.0. The molecule has 0 aliphatic carbocycles. The number of nitrogens with zero attached hydrogens (tertiary/aromatic N) is 1. The minimum absolute atomic E-state index is 0.262. The van der Waals surface area contributed by atoms with Crippen LogP contribution in [0.2, 0.25) is 0 Å². The zero-order chi connectivity index (χ0) is 13.4. The highest BCUT2D eigenvalue weighted by molar-refractivity contribution is 5.67. The number of ether oxygens (including phenoxy) is 1. The van der Waals surface area contributed by atoms with Gasteiger partial charge >= 0.3 is 6.09 Å². The van der Waals surface area contributed by atoms with E-state index in [-0.39, 0.29) is 12.7 Å². The van der Waals surface area contributed by atoms with Gasteiger partial charge in [0.25, 0.3) is 0 Å². The molecule has 1 amide bonds. The number of carbonyl (C=O) groups excluding carboxylic acids is 1. The number of aliphatic hydroxyl groups excluding tert-OH is 1. The lowest BCUT2D eigenvalue weighted by atomic mass is 10.2. The number of hydrogen-bond donors (Lipinski definition) is 1. The Hall–Kier alpha value is -1.55. The van der Waals surface area contributed by atoms with Crippen molar-refractivity contribution >= 4 is 6.09 Å². The lowest BCUT2D eigenvalue weighted by Crippen LogP contribution is -2.37. The van der Waals surface area contributed by atoms with Gasteiger partial charge in [0.15, 0.2) is 0 Å². The Balaban J connectivity index is 2.43. The van der Waals surface area contributed by atoms with Crippen molar-refractivity contribution in [2.45, 2.75) is 33.0 Å². The highest BCUT2D eigenvalue weighted by Gasteiger charge is 2.16. The molecular weight excluding hydrogens is 230 g/mol. The summed E-state index contributed by atoms with van der Waals surface area (Å²) < 4.78 is 5.20. The Kier molecular flexibility index (Phi) is 6.22. The Morgan fingerprint density at radius 2 is 2.00 bits per heavy atom. The lowest BCUT2D eigenvalue weighted by molar-refractivity contribution is 0.0698. The van der Waals surface area contributed by atoms with Crippen LogP contribution in [-0.2, 0) is 11.3 Å². The molecule has 1 aromatic carbocycles. The molecule has 0 heterocycles. The van der Waals surface area contributed by atoms with Crippen LogP contribution in [0.1, 0.15) is 25.8 Å². The van der Waals surface area contributed by atoms with Crippen molar-refractivity contribution in [1.29, 1.82) is 0 Å². The van der Waals surface area contributed by atoms with Crippen LogP contribution >= 0.6 is 0 Å². The molecule has 0 fully saturated rings. The summed E-state index contributed by atoms with van der Waals surface area (Å²) in [5.41, 5.74) is 0.956. The third kappa shape index (κ3) is 4.75. The van der Waals surface area contributed by atoms with Crippen molar-refractivity contribution < 1.29 is 14.6 Å². The van der Waals surface area contributed by atoms with Gasteiger partial charge in [0, 0.05) is 13.1 Å². The number of carbonyl (C=O) groups is 1. The summed E-state index contributed by atoms with van der Waals surface area (Å²) in [6.45, 7) is 4.86. The van der Waals surface area contributed by atoms with E-state index in [0.717, 1.165) is 5.56 Å². The fraction of sp³-hybridized carbons (Fsp3) is 0.500. The maximum atomic E-state index is 11.8. The van der Waals surface area contributed by atoms with E-state index in [9.17, 15) is 9.90 Å². The summed E-state index contributed by atoms with van der Waals surface area (Å²) >= 11 is 0. The van der Waals surface area contributed by atoms with Crippen LogP contribution < -0.4 is 0 Å². The molecule has 0 spiro atoms. The average Bonchev–Trinajstić information content (AvgIpc) is 2.42. The smallest absolute Gasteiger partial charge is 0.410 e. The molecule has 0 bridgehead atoms. The summed E-state index contributed by atoms with van der Waals surface area (Å²) in [5, 5.41) is 9.54. The Bertz CT molecular complexity index is 353. The number of hydrogen-bond acceptors (Lipinski definition) is 3. The second kappa shape index (κ2) is 7.71. The molecule has 0 unspecified atom stereocenters. The van der Waals surface area contributed by atoms with Crippen LogP contribution in [0.25, 0.3) is 0 Å². The first kappa shape index (κ1) is 14.5. The maximum Gasteiger partial charge on any atom is 0.410 e. The van der Waals surface area contributed by atoms with Crippen LogP contribution in [0, 0.1) is 0 Å². The number of aliphatic hydroxyl groups is 1. The molecule has 0 saturated carbocycles. The minimum Gasteiger partial charge on any atom is -0.445 e. The van der Waals surface area contributed by atoms with Gasteiger partial charge in [-0.05, 0) is 18.9 Å². The van der Waals surface area contributed by atoms with E-state index in [0.29, 0.717) is 19.5 Å². The van der Waals surface area contributed by atoms with Crippen molar-refractivity contribution in [3.63, 3.8) is 0 Å². The van der Waals surface area contributed by atoms with Gasteiger partial charge in [0.1, 0.15) is 6.61 Å². The van der Waals surface area contributed by atoms with E-state index in [1.54, 1.807) is 0 Å². The van der Waals surface area contributed by atoms with Gasteiger partial charge in [-0.1, -0.05) is 37.3 Å². The second-order valence-electron chi connectivity index (χ2n) is 4.14. The van der Waals surface area contributed by atoms with Gasteiger partial charge in [-0.3, -0.25) is 0 Å². The van der Waals surface area contributed by atoms with Crippen molar-refractivity contribution in [1.82, 2.24) is 4.90 Å². The van der Waals surface area contributed by atoms with Gasteiger partial charge in [0.2, 0.25) is 0 Å². The molecule has 0 aliphatic heterocycles. The normalized spacial score (nSPS) is 11.9. The summed E-state index contributed by atoms with van der Waals surface area (Å²) in [4.78, 5) is 13.3. The van der Waals surface area contributed by atoms with Crippen LogP contribution in [0.3, 0.4) is 0 Å². The molecule has 0 aliphatic rings. The number of benzene rings is 1. The van der Waals surface area contributed by atoms with Gasteiger partial charge in [0.05, 0.1) is 6.10 Å². The van der Waals surface area contributed by atoms with Crippen LogP contribution in [0.4, 0.5) is 4.79 Å². The quantitative estimate of drug-likeness (QED) is 0.844. The minimum atomic E-state index is -0.491. The van der Waals surface area contributed by atoms with E-state index in [1.807, 2.05) is 44.2 Å². The first-order valence-electron chi connectivity index (χ1n) is 6.31. The molecule has 4 heteroatoms. The summed E-state index contributed by atoms with van der Waals surface area (Å²) in [5.74, 6) is 0. The van der Waals surface area contributed by atoms with Crippen LogP contribution in [0.5, 0.6) is 0 Å². The maximum absolute atomic E-state index is 11.8. The number of amides is 1. The molecule has 18 heavy (non-hydrogen) atoms. The van der Waals surface area contributed by atoms with Gasteiger partial charge in [-0.15, -0.1) is 0 Å². The summed E-state index contributed by atoms with van der Waals surface area (Å²) in [6.07, 6.45) is -0.245. The van der Waals surface area contributed by atoms with Gasteiger partial charge in [-0.25, -0.2) is 4.79 Å². The standard InChI is InChI=1S/C14H21NO3/c1-3-13(16)10-15(4-2)14(17)18-11-12-8-6-5-7-9-12/h5-9,13,16H,3-4,10-11H2,1-2H3/t13-/m1/s1. The Labute approximate surface area is 108 Å². The predicted octanol–water partition coefficient (Wildman–Crippen LogP) is 2.42. The molecule has 1 aromatic rings. The van der Waals surface area contributed by atoms with E-state index >= 15 is 0 Å². The van der Waals surface area contributed by atoms with Crippen molar-refractivity contribution in [3.05, 3.63) is 35.9 Å². The van der Waals surface area contributed by atoms with E-state index < -0.39 is 6.10 Å². The van der Waals surface area contributed by atoms with Gasteiger partial charge in [-0.2, -0.15) is 0 Å². The van der Waals surface area contributed by atoms with Crippen molar-refractivity contribution in [3.8, 4) is 0 Å². The number of likely N-dealkylation sites (N-methyl/N-ethyl adjacent to an activating group) is 1. The van der Waals surface area contributed by atoms with Gasteiger partial charge < -0.3 is 14.7 Å². The SMILES string of the molecule is CC[C@@H](O)CN(CC)C(=O)OCc1ccccc1. The molecule has 100 valence electrons. The third-order valence-electron chi connectivity index (χ3n) is 2.75. The molecule has 1 N–H and O–H groups in total. The molecule has 0 saturated heterocycles. The van der Waals surface area contributed by atoms with Crippen LogP contribution in [0.15, 0.2) is 30.3 Å². The Morgan fingerprint density at radius 1 is 1.33 bits per heavy atom. The van der Waals surface area contributed by atoms with Crippen LogP contribution in [-0.4, -0.2) is 35.3 Å². The fourth-order valence-corrected chi connectivity index (χ4v) is 1.53.